The molecule has 11 N–H and O–H groups in total. The number of aliphatic hydroxyl groups is 3. The van der Waals surface area contributed by atoms with Crippen LogP contribution in [0.2, 0.25) is 0 Å². The van der Waals surface area contributed by atoms with E-state index in [1.807, 2.05) is 72.2 Å². The molecule has 0 aliphatic carbocycles. The predicted octanol–water partition coefficient (Wildman–Crippen LogP) is -1.58. The number of nitrogens with zero attached hydrogens (tertiary/aromatic N) is 2. The summed E-state index contributed by atoms with van der Waals surface area (Å²) < 4.78 is 0.550. The van der Waals surface area contributed by atoms with Crippen molar-refractivity contribution in [3.05, 3.63) is 48.6 Å². The minimum atomic E-state index is -1.20. The van der Waals surface area contributed by atoms with Gasteiger partial charge in [0, 0.05) is 19.4 Å². The molecule has 1 aromatic rings. The SMILES string of the molecule is C=CC.CC(C)C[C@H](N)C(=O)O.CN1CC(=O)NC1=N.C[N+](C)(C)CC(O)CC(=O)[O-].NC(Cc1ccccc1)C(=O)O.OCCO. The smallest absolute Gasteiger partial charge is 0.320 e. The van der Waals surface area contributed by atoms with E-state index in [2.05, 4.69) is 11.9 Å². The molecule has 47 heavy (non-hydrogen) atoms. The first-order chi connectivity index (χ1) is 21.6. The zero-order valence-corrected chi connectivity index (χ0v) is 28.8. The van der Waals surface area contributed by atoms with Crippen molar-refractivity contribution in [2.45, 2.75) is 58.2 Å². The molecule has 0 saturated carbocycles. The van der Waals surface area contributed by atoms with Crippen LogP contribution in [0.3, 0.4) is 0 Å². The topological polar surface area (TPSA) is 284 Å². The third kappa shape index (κ3) is 38.2. The molecule has 0 aromatic heterocycles. The zero-order valence-electron chi connectivity index (χ0n) is 28.8. The number of allylic oxidation sites excluding steroid dienone is 1. The summed E-state index contributed by atoms with van der Waals surface area (Å²) in [5.74, 6) is -2.63. The number of hydrogen-bond acceptors (Lipinski definition) is 11. The van der Waals surface area contributed by atoms with Gasteiger partial charge in [-0.3, -0.25) is 25.1 Å². The number of guanidine groups is 1. The summed E-state index contributed by atoms with van der Waals surface area (Å²) in [5, 5.41) is 60.5. The minimum absolute atomic E-state index is 0.0995. The fraction of sp³-hybridized carbons (Fsp3) is 0.581. The van der Waals surface area contributed by atoms with Crippen molar-refractivity contribution in [1.82, 2.24) is 10.2 Å². The van der Waals surface area contributed by atoms with Gasteiger partial charge in [-0.1, -0.05) is 50.3 Å². The van der Waals surface area contributed by atoms with Crippen molar-refractivity contribution in [3.63, 3.8) is 0 Å². The van der Waals surface area contributed by atoms with Gasteiger partial charge in [0.25, 0.3) is 0 Å². The number of nitrogens with one attached hydrogen (secondary N) is 2. The van der Waals surface area contributed by atoms with Gasteiger partial charge in [-0.05, 0) is 31.2 Å². The third-order valence-electron chi connectivity index (χ3n) is 4.94. The summed E-state index contributed by atoms with van der Waals surface area (Å²) in [6.45, 7) is 9.64. The lowest BCUT2D eigenvalue weighted by Gasteiger charge is -2.26. The number of carbonyl (C=O) groups excluding carboxylic acids is 2. The van der Waals surface area contributed by atoms with Crippen LogP contribution in [-0.2, 0) is 25.6 Å². The van der Waals surface area contributed by atoms with Crippen molar-refractivity contribution < 1.29 is 54.3 Å². The van der Waals surface area contributed by atoms with Crippen molar-refractivity contribution in [3.8, 4) is 0 Å². The number of aliphatic hydroxyl groups excluding tert-OH is 3. The average Bonchev–Trinajstić information content (AvgIpc) is 3.23. The quantitative estimate of drug-likeness (QED) is 0.0948. The van der Waals surface area contributed by atoms with Crippen LogP contribution in [-0.4, -0.2) is 137 Å². The average molecular weight is 675 g/mol. The molecule has 16 heteroatoms. The van der Waals surface area contributed by atoms with Gasteiger partial charge in [0.05, 0.1) is 40.9 Å². The Bertz CT molecular complexity index is 1020. The van der Waals surface area contributed by atoms with E-state index in [-0.39, 0.29) is 31.5 Å². The van der Waals surface area contributed by atoms with Gasteiger partial charge in [0.1, 0.15) is 24.7 Å². The Labute approximate surface area is 278 Å². The number of hydrogen-bond donors (Lipinski definition) is 9. The van der Waals surface area contributed by atoms with Crippen LogP contribution >= 0.6 is 0 Å². The summed E-state index contributed by atoms with van der Waals surface area (Å²) in [6.07, 6.45) is 1.60. The molecule has 1 aliphatic heterocycles. The second kappa shape index (κ2) is 29.5. The van der Waals surface area contributed by atoms with Crippen molar-refractivity contribution in [1.29, 1.82) is 5.41 Å². The molecule has 1 fully saturated rings. The fourth-order valence-corrected chi connectivity index (χ4v) is 3.01. The lowest BCUT2D eigenvalue weighted by molar-refractivity contribution is -0.873. The van der Waals surface area contributed by atoms with E-state index in [1.165, 1.54) is 0 Å². The summed E-state index contributed by atoms with van der Waals surface area (Å²) in [6, 6.07) is 7.85. The van der Waals surface area contributed by atoms with Crippen molar-refractivity contribution in [2.75, 3.05) is 54.5 Å². The highest BCUT2D eigenvalue weighted by Crippen LogP contribution is 2.02. The van der Waals surface area contributed by atoms with Crippen LogP contribution in [0.1, 0.15) is 39.2 Å². The Morgan fingerprint density at radius 3 is 1.74 bits per heavy atom. The maximum atomic E-state index is 10.4. The van der Waals surface area contributed by atoms with E-state index in [0.717, 1.165) is 5.56 Å². The summed E-state index contributed by atoms with van der Waals surface area (Å²) in [5.41, 5.74) is 11.5. The molecule has 1 amide bonds. The number of rotatable bonds is 11. The van der Waals surface area contributed by atoms with Gasteiger partial charge < -0.3 is 56.3 Å². The molecular weight excluding hydrogens is 616 g/mol. The first-order valence-electron chi connectivity index (χ1n) is 14.7. The van der Waals surface area contributed by atoms with Gasteiger partial charge in [-0.25, -0.2) is 0 Å². The molecule has 272 valence electrons. The highest BCUT2D eigenvalue weighted by atomic mass is 16.4. The number of likely N-dealkylation sites (N-methyl/N-ethyl adjacent to an activating group) is 2. The minimum Gasteiger partial charge on any atom is -0.550 e. The zero-order chi connectivity index (χ0) is 37.8. The first-order valence-corrected chi connectivity index (χ1v) is 14.7. The normalized spacial score (nSPS) is 13.4. The standard InChI is InChI=1S/C9H11NO2.C7H15NO3.C6H13NO2.C4H7N3O.C3H6.C2H6O2/c10-8(9(11)12)6-7-4-2-1-3-5-7;1-8(2,3)5-6(9)4-7(10)11;1-4(2)3-5(7)6(8)9;1-7-2-3(8)6-4(7)5;1-3-2;3-1-2-4/h1-5,8H,6,10H2,(H,11,12);6,9H,4-5H2,1-3H3;4-5H,3,7H2,1-2H3,(H,8,9);2H2,1H3,(H2,5,6,8);3H,1H2,2H3;3-4H,1-2H2/t;;5-;;;/m..0.../s1. The van der Waals surface area contributed by atoms with Gasteiger partial charge >= 0.3 is 11.9 Å². The maximum Gasteiger partial charge on any atom is 0.320 e. The van der Waals surface area contributed by atoms with Crippen LogP contribution in [0.25, 0.3) is 0 Å². The summed E-state index contributed by atoms with van der Waals surface area (Å²) in [4.78, 5) is 42.4. The predicted molar refractivity (Wildman–Crippen MR) is 178 cm³/mol. The van der Waals surface area contributed by atoms with Crippen molar-refractivity contribution in [2.24, 2.45) is 17.4 Å². The Morgan fingerprint density at radius 2 is 1.51 bits per heavy atom. The number of carbonyl (C=O) groups is 4. The molecule has 2 unspecified atom stereocenters. The van der Waals surface area contributed by atoms with Crippen LogP contribution in [0.5, 0.6) is 0 Å². The summed E-state index contributed by atoms with van der Waals surface area (Å²) in [7, 11) is 7.36. The molecule has 0 spiro atoms. The fourth-order valence-electron chi connectivity index (χ4n) is 3.01. The Balaban J connectivity index is -0.000000248. The van der Waals surface area contributed by atoms with Gasteiger partial charge in [-0.2, -0.15) is 0 Å². The van der Waals surface area contributed by atoms with E-state index in [1.54, 1.807) is 18.0 Å². The number of carboxylic acids is 3. The van der Waals surface area contributed by atoms with Gasteiger partial charge in [0.2, 0.25) is 5.91 Å². The monoisotopic (exact) mass is 674 g/mol. The number of amides is 1. The number of benzene rings is 1. The highest BCUT2D eigenvalue weighted by Gasteiger charge is 2.18. The molecule has 3 atom stereocenters. The molecule has 2 rings (SSSR count). The molecular formula is C31H58N6O10. The molecule has 0 bridgehead atoms. The number of quaternary nitrogens is 1. The Hall–Kier alpha value is -3.93. The second-order valence-electron chi connectivity index (χ2n) is 11.5. The summed E-state index contributed by atoms with van der Waals surface area (Å²) >= 11 is 0. The maximum absolute atomic E-state index is 10.4. The van der Waals surface area contributed by atoms with E-state index < -0.39 is 36.1 Å². The molecule has 1 heterocycles. The van der Waals surface area contributed by atoms with Gasteiger partial charge in [0.15, 0.2) is 5.96 Å². The van der Waals surface area contributed by atoms with Crippen LogP contribution in [0, 0.1) is 11.3 Å². The molecule has 0 radical (unpaired) electrons. The molecule has 1 aliphatic rings. The van der Waals surface area contributed by atoms with E-state index in [0.29, 0.717) is 36.3 Å². The molecule has 16 nitrogen and oxygen atoms in total. The third-order valence-corrected chi connectivity index (χ3v) is 4.94. The second-order valence-corrected chi connectivity index (χ2v) is 11.5. The largest absolute Gasteiger partial charge is 0.550 e. The van der Waals surface area contributed by atoms with E-state index in [4.69, 9.17) is 42.4 Å². The van der Waals surface area contributed by atoms with Crippen LogP contribution in [0.15, 0.2) is 43.0 Å². The van der Waals surface area contributed by atoms with Crippen molar-refractivity contribution >= 4 is 29.8 Å². The van der Waals surface area contributed by atoms with Crippen LogP contribution < -0.4 is 21.9 Å². The van der Waals surface area contributed by atoms with Gasteiger partial charge in [-0.15, -0.1) is 6.58 Å². The number of carboxylic acid groups (broad SMARTS) is 3. The lowest BCUT2D eigenvalue weighted by atomic mass is 10.1. The number of aliphatic carboxylic acids is 3. The Kier molecular flexibility index (Phi) is 31.3. The highest BCUT2D eigenvalue weighted by molar-refractivity contribution is 6.02. The Morgan fingerprint density at radius 1 is 1.06 bits per heavy atom. The van der Waals surface area contributed by atoms with E-state index in [9.17, 15) is 24.3 Å². The molecule has 1 aromatic carbocycles. The molecule has 1 saturated heterocycles. The first kappa shape index (κ1) is 49.9. The number of nitrogens with two attached hydrogens (primary N) is 2. The van der Waals surface area contributed by atoms with E-state index >= 15 is 0 Å². The van der Waals surface area contributed by atoms with Crippen LogP contribution in [0.4, 0.5) is 0 Å². The lowest BCUT2D eigenvalue weighted by Crippen LogP contribution is -2.43.